The van der Waals surface area contributed by atoms with E-state index in [9.17, 15) is 8.78 Å². The lowest BCUT2D eigenvalue weighted by molar-refractivity contribution is 0.570. The Morgan fingerprint density at radius 3 is 2.47 bits per heavy atom. The molecule has 0 saturated heterocycles. The maximum absolute atomic E-state index is 13.7. The second-order valence-corrected chi connectivity index (χ2v) is 6.46. The van der Waals surface area contributed by atoms with Crippen LogP contribution < -0.4 is 5.73 Å². The first-order chi connectivity index (χ1) is 8.77. The van der Waals surface area contributed by atoms with E-state index in [4.69, 9.17) is 5.73 Å². The summed E-state index contributed by atoms with van der Waals surface area (Å²) in [4.78, 5) is 4.47. The zero-order valence-electron chi connectivity index (χ0n) is 11.1. The normalized spacial score (nSPS) is 11.8. The summed E-state index contributed by atoms with van der Waals surface area (Å²) in [5, 5.41) is 2.73. The Balaban J connectivity index is 2.27. The monoisotopic (exact) mass is 282 g/mol. The fraction of sp³-hybridized carbons (Fsp3) is 0.357. The first kappa shape index (κ1) is 13.9. The number of anilines is 1. The molecule has 2 rings (SSSR count). The van der Waals surface area contributed by atoms with E-state index in [1.807, 2.05) is 5.38 Å². The van der Waals surface area contributed by atoms with E-state index in [0.717, 1.165) is 22.8 Å². The number of nitrogen functional groups attached to an aromatic ring is 1. The van der Waals surface area contributed by atoms with Crippen LogP contribution in [0.15, 0.2) is 17.5 Å². The number of halogens is 2. The van der Waals surface area contributed by atoms with E-state index in [2.05, 4.69) is 25.8 Å². The standard InChI is InChI=1S/C14H16F2N2S/c1-14(2,3)12-7-19-13(18-12)5-8-4-10(16)11(17)6-9(8)15/h4,6-7H,5,17H2,1-3H3. The van der Waals surface area contributed by atoms with Gasteiger partial charge in [-0.25, -0.2) is 13.8 Å². The first-order valence-electron chi connectivity index (χ1n) is 5.95. The van der Waals surface area contributed by atoms with E-state index >= 15 is 0 Å². The van der Waals surface area contributed by atoms with Crippen LogP contribution in [0.3, 0.4) is 0 Å². The van der Waals surface area contributed by atoms with Crippen molar-refractivity contribution in [1.82, 2.24) is 4.98 Å². The van der Waals surface area contributed by atoms with E-state index in [1.165, 1.54) is 11.3 Å². The van der Waals surface area contributed by atoms with Crippen LogP contribution in [-0.2, 0) is 11.8 Å². The van der Waals surface area contributed by atoms with Crippen molar-refractivity contribution in [3.8, 4) is 0 Å². The van der Waals surface area contributed by atoms with Crippen LogP contribution in [-0.4, -0.2) is 4.98 Å². The van der Waals surface area contributed by atoms with Gasteiger partial charge in [0, 0.05) is 23.3 Å². The lowest BCUT2D eigenvalue weighted by atomic mass is 9.93. The quantitative estimate of drug-likeness (QED) is 0.849. The minimum absolute atomic E-state index is 0.0420. The van der Waals surface area contributed by atoms with Crippen LogP contribution in [0.4, 0.5) is 14.5 Å². The van der Waals surface area contributed by atoms with Crippen molar-refractivity contribution >= 4 is 17.0 Å². The van der Waals surface area contributed by atoms with Gasteiger partial charge in [-0.2, -0.15) is 0 Å². The van der Waals surface area contributed by atoms with Crippen LogP contribution in [0, 0.1) is 11.6 Å². The van der Waals surface area contributed by atoms with Gasteiger partial charge in [-0.3, -0.25) is 0 Å². The highest BCUT2D eigenvalue weighted by molar-refractivity contribution is 7.09. The van der Waals surface area contributed by atoms with Gasteiger partial charge in [-0.1, -0.05) is 20.8 Å². The smallest absolute Gasteiger partial charge is 0.146 e. The van der Waals surface area contributed by atoms with Crippen molar-refractivity contribution in [3.63, 3.8) is 0 Å². The van der Waals surface area contributed by atoms with Crippen molar-refractivity contribution in [2.75, 3.05) is 5.73 Å². The summed E-state index contributed by atoms with van der Waals surface area (Å²) < 4.78 is 27.0. The molecule has 1 aromatic heterocycles. The number of hydrogen-bond acceptors (Lipinski definition) is 3. The SMILES string of the molecule is CC(C)(C)c1csc(Cc2cc(F)c(N)cc2F)n1. The highest BCUT2D eigenvalue weighted by Gasteiger charge is 2.18. The Morgan fingerprint density at radius 1 is 1.21 bits per heavy atom. The minimum Gasteiger partial charge on any atom is -0.396 e. The zero-order chi connectivity index (χ0) is 14.2. The first-order valence-corrected chi connectivity index (χ1v) is 6.83. The molecular weight excluding hydrogens is 266 g/mol. The molecule has 0 spiro atoms. The molecule has 1 heterocycles. The Hall–Kier alpha value is -1.49. The minimum atomic E-state index is -0.594. The molecule has 1 aromatic carbocycles. The third-order valence-electron chi connectivity index (χ3n) is 2.83. The molecule has 0 aliphatic rings. The van der Waals surface area contributed by atoms with Crippen molar-refractivity contribution in [3.05, 3.63) is 45.4 Å². The van der Waals surface area contributed by atoms with E-state index in [0.29, 0.717) is 0 Å². The molecule has 0 bridgehead atoms. The Morgan fingerprint density at radius 2 is 1.89 bits per heavy atom. The maximum atomic E-state index is 13.7. The molecule has 102 valence electrons. The van der Waals surface area contributed by atoms with E-state index in [1.54, 1.807) is 0 Å². The fourth-order valence-electron chi connectivity index (χ4n) is 1.64. The highest BCUT2D eigenvalue weighted by Crippen LogP contribution is 2.26. The summed E-state index contributed by atoms with van der Waals surface area (Å²) in [7, 11) is 0. The van der Waals surface area contributed by atoms with Gasteiger partial charge in [0.25, 0.3) is 0 Å². The maximum Gasteiger partial charge on any atom is 0.146 e. The Bertz CT molecular complexity index is 600. The van der Waals surface area contributed by atoms with Crippen LogP contribution >= 0.6 is 11.3 Å². The van der Waals surface area contributed by atoms with Gasteiger partial charge in [-0.05, 0) is 11.6 Å². The second kappa shape index (κ2) is 4.89. The molecule has 0 radical (unpaired) electrons. The van der Waals surface area contributed by atoms with Gasteiger partial charge >= 0.3 is 0 Å². The molecule has 2 N–H and O–H groups in total. The average molecular weight is 282 g/mol. The molecule has 0 aliphatic carbocycles. The molecule has 0 amide bonds. The van der Waals surface area contributed by atoms with Crippen molar-refractivity contribution in [2.45, 2.75) is 32.6 Å². The van der Waals surface area contributed by atoms with Gasteiger partial charge in [-0.15, -0.1) is 11.3 Å². The lowest BCUT2D eigenvalue weighted by Gasteiger charge is -2.14. The molecule has 2 nitrogen and oxygen atoms in total. The lowest BCUT2D eigenvalue weighted by Crippen LogP contribution is -2.11. The summed E-state index contributed by atoms with van der Waals surface area (Å²) in [5.74, 6) is -1.09. The van der Waals surface area contributed by atoms with Gasteiger partial charge in [0.1, 0.15) is 11.6 Å². The largest absolute Gasteiger partial charge is 0.396 e. The zero-order valence-corrected chi connectivity index (χ0v) is 11.9. The van der Waals surface area contributed by atoms with Crippen LogP contribution in [0.1, 0.15) is 37.0 Å². The average Bonchev–Trinajstić information content (AvgIpc) is 2.74. The number of thiazole rings is 1. The predicted octanol–water partition coefficient (Wildman–Crippen LogP) is 3.89. The van der Waals surface area contributed by atoms with Crippen LogP contribution in [0.2, 0.25) is 0 Å². The Labute approximate surface area is 115 Å². The summed E-state index contributed by atoms with van der Waals surface area (Å²) in [6.07, 6.45) is 0.282. The third-order valence-corrected chi connectivity index (χ3v) is 3.68. The number of rotatable bonds is 2. The molecule has 0 atom stereocenters. The van der Waals surface area contributed by atoms with Crippen molar-refractivity contribution < 1.29 is 8.78 Å². The number of hydrogen-bond donors (Lipinski definition) is 1. The number of aromatic nitrogens is 1. The van der Waals surface area contributed by atoms with Gasteiger partial charge in [0.2, 0.25) is 0 Å². The summed E-state index contributed by atoms with van der Waals surface area (Å²) in [6.45, 7) is 6.19. The summed E-state index contributed by atoms with van der Waals surface area (Å²) in [5.41, 5.74) is 6.34. The van der Waals surface area contributed by atoms with E-state index < -0.39 is 11.6 Å². The molecule has 19 heavy (non-hydrogen) atoms. The fourth-order valence-corrected chi connectivity index (χ4v) is 2.68. The molecule has 0 aliphatic heterocycles. The van der Waals surface area contributed by atoms with Gasteiger partial charge < -0.3 is 5.73 Å². The predicted molar refractivity (Wildman–Crippen MR) is 74.4 cm³/mol. The van der Waals surface area contributed by atoms with Crippen LogP contribution in [0.5, 0.6) is 0 Å². The van der Waals surface area contributed by atoms with Gasteiger partial charge in [0.05, 0.1) is 16.4 Å². The summed E-state index contributed by atoms with van der Waals surface area (Å²) >= 11 is 1.46. The molecule has 5 heteroatoms. The molecule has 0 unspecified atom stereocenters. The summed E-state index contributed by atoms with van der Waals surface area (Å²) in [6, 6.07) is 2.16. The van der Waals surface area contributed by atoms with Gasteiger partial charge in [0.15, 0.2) is 0 Å². The van der Waals surface area contributed by atoms with Crippen LogP contribution in [0.25, 0.3) is 0 Å². The van der Waals surface area contributed by atoms with Crippen molar-refractivity contribution in [1.29, 1.82) is 0 Å². The molecular formula is C14H16F2N2S. The number of nitrogens with two attached hydrogens (primary N) is 1. The van der Waals surface area contributed by atoms with Crippen molar-refractivity contribution in [2.24, 2.45) is 0 Å². The molecule has 0 fully saturated rings. The molecule has 0 saturated carbocycles. The number of nitrogens with zero attached hydrogens (tertiary/aromatic N) is 1. The second-order valence-electron chi connectivity index (χ2n) is 5.52. The number of benzene rings is 1. The molecule has 2 aromatic rings. The Kier molecular flexibility index (Phi) is 3.58. The highest BCUT2D eigenvalue weighted by atomic mass is 32.1. The van der Waals surface area contributed by atoms with E-state index in [-0.39, 0.29) is 23.1 Å². The topological polar surface area (TPSA) is 38.9 Å². The third kappa shape index (κ3) is 3.10.